The predicted octanol–water partition coefficient (Wildman–Crippen LogP) is 2.40. The summed E-state index contributed by atoms with van der Waals surface area (Å²) < 4.78 is 1.99. The third-order valence-corrected chi connectivity index (χ3v) is 2.36. The van der Waals surface area contributed by atoms with Crippen LogP contribution in [0.1, 0.15) is 0 Å². The van der Waals surface area contributed by atoms with Crippen LogP contribution in [0.4, 0.5) is 0 Å². The maximum atomic E-state index is 4.33. The van der Waals surface area contributed by atoms with Crippen molar-refractivity contribution in [3.8, 4) is 11.3 Å². The summed E-state index contributed by atoms with van der Waals surface area (Å²) in [6.45, 7) is 0. The van der Waals surface area contributed by atoms with Gasteiger partial charge in [0, 0.05) is 30.4 Å². The predicted molar refractivity (Wildman–Crippen MR) is 58.4 cm³/mol. The fraction of sp³-hybridized carbons (Fsp3) is 0. The Morgan fingerprint density at radius 3 is 2.73 bits per heavy atom. The van der Waals surface area contributed by atoms with E-state index in [9.17, 15) is 0 Å². The minimum absolute atomic E-state index is 0.941. The number of pyridine rings is 2. The minimum Gasteiger partial charge on any atom is -0.307 e. The van der Waals surface area contributed by atoms with E-state index < -0.39 is 0 Å². The number of rotatable bonds is 1. The second kappa shape index (κ2) is 3.20. The summed E-state index contributed by atoms with van der Waals surface area (Å²) in [5.74, 6) is 0. The lowest BCUT2D eigenvalue weighted by atomic mass is 10.2. The van der Waals surface area contributed by atoms with E-state index >= 15 is 0 Å². The molecule has 0 aliphatic carbocycles. The SMILES string of the molecule is c1ccc(-c2cccn3ccnc23)nc1. The molecule has 72 valence electrons. The van der Waals surface area contributed by atoms with Gasteiger partial charge in [-0.3, -0.25) is 4.98 Å². The van der Waals surface area contributed by atoms with Gasteiger partial charge in [-0.1, -0.05) is 6.07 Å². The van der Waals surface area contributed by atoms with Crippen LogP contribution in [0, 0.1) is 0 Å². The molecule has 0 aliphatic rings. The quantitative estimate of drug-likeness (QED) is 0.596. The molecule has 3 aromatic heterocycles. The summed E-state index contributed by atoms with van der Waals surface area (Å²) >= 11 is 0. The summed E-state index contributed by atoms with van der Waals surface area (Å²) in [6.07, 6.45) is 7.50. The zero-order valence-electron chi connectivity index (χ0n) is 8.04. The standard InChI is InChI=1S/C12H9N3/c1-2-6-13-11(5-1)10-4-3-8-15-9-7-14-12(10)15/h1-9H. The van der Waals surface area contributed by atoms with E-state index in [1.54, 1.807) is 12.4 Å². The van der Waals surface area contributed by atoms with Crippen molar-refractivity contribution in [1.82, 2.24) is 14.4 Å². The molecular weight excluding hydrogens is 186 g/mol. The first-order valence-electron chi connectivity index (χ1n) is 4.78. The van der Waals surface area contributed by atoms with E-state index in [1.807, 2.05) is 47.1 Å². The van der Waals surface area contributed by atoms with E-state index in [1.165, 1.54) is 0 Å². The first-order valence-corrected chi connectivity index (χ1v) is 4.78. The minimum atomic E-state index is 0.941. The Bertz CT molecular complexity index is 584. The van der Waals surface area contributed by atoms with Crippen LogP contribution in [0.3, 0.4) is 0 Å². The number of nitrogens with zero attached hydrogens (tertiary/aromatic N) is 3. The molecule has 3 rings (SSSR count). The summed E-state index contributed by atoms with van der Waals surface area (Å²) in [5, 5.41) is 0. The molecule has 0 atom stereocenters. The number of fused-ring (bicyclic) bond motifs is 1. The van der Waals surface area contributed by atoms with Crippen molar-refractivity contribution >= 4 is 5.65 Å². The third-order valence-electron chi connectivity index (χ3n) is 2.36. The van der Waals surface area contributed by atoms with Crippen LogP contribution in [-0.4, -0.2) is 14.4 Å². The second-order valence-electron chi connectivity index (χ2n) is 3.29. The van der Waals surface area contributed by atoms with E-state index in [4.69, 9.17) is 0 Å². The van der Waals surface area contributed by atoms with Crippen LogP contribution >= 0.6 is 0 Å². The van der Waals surface area contributed by atoms with Gasteiger partial charge in [-0.25, -0.2) is 4.98 Å². The van der Waals surface area contributed by atoms with Crippen LogP contribution in [0.15, 0.2) is 55.1 Å². The van der Waals surface area contributed by atoms with Crippen molar-refractivity contribution in [3.63, 3.8) is 0 Å². The Labute approximate surface area is 87.0 Å². The molecule has 3 aromatic rings. The Kier molecular flexibility index (Phi) is 1.75. The molecule has 3 heterocycles. The highest BCUT2D eigenvalue weighted by molar-refractivity contribution is 5.74. The average molecular weight is 195 g/mol. The number of hydrogen-bond donors (Lipinski definition) is 0. The first-order chi connectivity index (χ1) is 7.45. The number of hydrogen-bond acceptors (Lipinski definition) is 2. The summed E-state index contributed by atoms with van der Waals surface area (Å²) in [6, 6.07) is 9.91. The monoisotopic (exact) mass is 195 g/mol. The topological polar surface area (TPSA) is 30.2 Å². The largest absolute Gasteiger partial charge is 0.307 e. The summed E-state index contributed by atoms with van der Waals surface area (Å²) in [7, 11) is 0. The molecule has 15 heavy (non-hydrogen) atoms. The molecule has 0 fully saturated rings. The molecule has 3 heteroatoms. The van der Waals surface area contributed by atoms with E-state index in [0.29, 0.717) is 0 Å². The van der Waals surface area contributed by atoms with Gasteiger partial charge in [-0.05, 0) is 24.3 Å². The molecule has 0 unspecified atom stereocenters. The van der Waals surface area contributed by atoms with Crippen molar-refractivity contribution in [2.75, 3.05) is 0 Å². The molecule has 0 bridgehead atoms. The third kappa shape index (κ3) is 1.29. The highest BCUT2D eigenvalue weighted by Crippen LogP contribution is 2.20. The number of aromatic nitrogens is 3. The van der Waals surface area contributed by atoms with Gasteiger partial charge in [0.25, 0.3) is 0 Å². The van der Waals surface area contributed by atoms with Gasteiger partial charge >= 0.3 is 0 Å². The Balaban J connectivity index is 2.31. The van der Waals surface area contributed by atoms with E-state index in [2.05, 4.69) is 9.97 Å². The summed E-state index contributed by atoms with van der Waals surface area (Å²) in [4.78, 5) is 8.64. The molecular formula is C12H9N3. The van der Waals surface area contributed by atoms with Crippen molar-refractivity contribution in [3.05, 3.63) is 55.1 Å². The Hall–Kier alpha value is -2.16. The van der Waals surface area contributed by atoms with Gasteiger partial charge < -0.3 is 4.40 Å². The zero-order chi connectivity index (χ0) is 10.1. The van der Waals surface area contributed by atoms with Crippen LogP contribution < -0.4 is 0 Å². The normalized spacial score (nSPS) is 10.7. The molecule has 0 N–H and O–H groups in total. The molecule has 0 saturated heterocycles. The van der Waals surface area contributed by atoms with Crippen molar-refractivity contribution in [2.24, 2.45) is 0 Å². The lowest BCUT2D eigenvalue weighted by Crippen LogP contribution is -1.88. The first kappa shape index (κ1) is 8.17. The smallest absolute Gasteiger partial charge is 0.146 e. The van der Waals surface area contributed by atoms with E-state index in [-0.39, 0.29) is 0 Å². The molecule has 0 amide bonds. The van der Waals surface area contributed by atoms with Crippen LogP contribution in [0.25, 0.3) is 16.9 Å². The Morgan fingerprint density at radius 1 is 0.867 bits per heavy atom. The Morgan fingerprint density at radius 2 is 1.87 bits per heavy atom. The van der Waals surface area contributed by atoms with Gasteiger partial charge in [0.1, 0.15) is 5.65 Å². The number of imidazole rings is 1. The molecule has 0 saturated carbocycles. The lowest BCUT2D eigenvalue weighted by Gasteiger charge is -2.01. The van der Waals surface area contributed by atoms with Gasteiger partial charge in [-0.15, -0.1) is 0 Å². The molecule has 3 nitrogen and oxygen atoms in total. The maximum Gasteiger partial charge on any atom is 0.146 e. The van der Waals surface area contributed by atoms with Crippen LogP contribution in [-0.2, 0) is 0 Å². The van der Waals surface area contributed by atoms with Crippen LogP contribution in [0.2, 0.25) is 0 Å². The lowest BCUT2D eigenvalue weighted by molar-refractivity contribution is 1.18. The van der Waals surface area contributed by atoms with Crippen molar-refractivity contribution in [2.45, 2.75) is 0 Å². The maximum absolute atomic E-state index is 4.33. The average Bonchev–Trinajstić information content (AvgIpc) is 2.78. The fourth-order valence-electron chi connectivity index (χ4n) is 1.67. The van der Waals surface area contributed by atoms with E-state index in [0.717, 1.165) is 16.9 Å². The highest BCUT2D eigenvalue weighted by Gasteiger charge is 2.04. The van der Waals surface area contributed by atoms with Gasteiger partial charge in [0.05, 0.1) is 5.69 Å². The van der Waals surface area contributed by atoms with Gasteiger partial charge in [-0.2, -0.15) is 0 Å². The molecule has 0 aromatic carbocycles. The fourth-order valence-corrected chi connectivity index (χ4v) is 1.67. The molecule has 0 aliphatic heterocycles. The van der Waals surface area contributed by atoms with Crippen molar-refractivity contribution < 1.29 is 0 Å². The van der Waals surface area contributed by atoms with Crippen molar-refractivity contribution in [1.29, 1.82) is 0 Å². The second-order valence-corrected chi connectivity index (χ2v) is 3.29. The van der Waals surface area contributed by atoms with Gasteiger partial charge in [0.2, 0.25) is 0 Å². The highest BCUT2D eigenvalue weighted by atomic mass is 15.0. The zero-order valence-corrected chi connectivity index (χ0v) is 8.04. The summed E-state index contributed by atoms with van der Waals surface area (Å²) in [5.41, 5.74) is 2.95. The van der Waals surface area contributed by atoms with Gasteiger partial charge in [0.15, 0.2) is 0 Å². The molecule has 0 spiro atoms. The molecule has 0 radical (unpaired) electrons. The van der Waals surface area contributed by atoms with Crippen LogP contribution in [0.5, 0.6) is 0 Å².